The summed E-state index contributed by atoms with van der Waals surface area (Å²) in [6.45, 7) is 5.83. The van der Waals surface area contributed by atoms with E-state index in [9.17, 15) is 19.2 Å². The van der Waals surface area contributed by atoms with Gasteiger partial charge in [0, 0.05) is 12.3 Å². The molecule has 7 nitrogen and oxygen atoms in total. The minimum Gasteiger partial charge on any atom is -0.451 e. The summed E-state index contributed by atoms with van der Waals surface area (Å²) in [5, 5.41) is 2.69. The van der Waals surface area contributed by atoms with Crippen LogP contribution in [0.5, 0.6) is 0 Å². The second kappa shape index (κ2) is 9.03. The van der Waals surface area contributed by atoms with Crippen molar-refractivity contribution in [3.8, 4) is 0 Å². The van der Waals surface area contributed by atoms with E-state index in [0.717, 1.165) is 4.90 Å². The van der Waals surface area contributed by atoms with E-state index < -0.39 is 35.8 Å². The number of nitrogens with zero attached hydrogens (tertiary/aromatic N) is 1. The number of carbonyl (C=O) groups is 4. The molecule has 8 heteroatoms. The Morgan fingerprint density at radius 3 is 2.15 bits per heavy atom. The number of nitrogens with one attached hydrogen (secondary N) is 1. The topological polar surface area (TPSA) is 92.8 Å². The summed E-state index contributed by atoms with van der Waals surface area (Å²) in [5.41, 5.74) is 0.535. The lowest BCUT2D eigenvalue weighted by Gasteiger charge is -2.25. The molecule has 1 aliphatic heterocycles. The zero-order valence-electron chi connectivity index (χ0n) is 15.9. The predicted octanol–water partition coefficient (Wildman–Crippen LogP) is 1.72. The van der Waals surface area contributed by atoms with E-state index in [0.29, 0.717) is 6.54 Å². The summed E-state index contributed by atoms with van der Waals surface area (Å²) < 4.78 is 5.26. The monoisotopic (exact) mass is 392 g/mol. The molecule has 1 aromatic rings. The van der Waals surface area contributed by atoms with Crippen molar-refractivity contribution in [1.29, 1.82) is 0 Å². The van der Waals surface area contributed by atoms with E-state index >= 15 is 0 Å². The molecule has 146 valence electrons. The molecular formula is C19H24N2O5S. The van der Waals surface area contributed by atoms with Crippen LogP contribution < -0.4 is 5.32 Å². The summed E-state index contributed by atoms with van der Waals surface area (Å²) in [6.07, 6.45) is 0.743. The smallest absolute Gasteiger partial charge is 0.331 e. The number of carbonyl (C=O) groups excluding carboxylic acids is 4. The Morgan fingerprint density at radius 2 is 1.67 bits per heavy atom. The normalized spacial score (nSPS) is 15.5. The number of benzene rings is 1. The molecule has 1 aromatic carbocycles. The van der Waals surface area contributed by atoms with Crippen LogP contribution in [0.2, 0.25) is 0 Å². The van der Waals surface area contributed by atoms with Gasteiger partial charge in [-0.25, -0.2) is 4.79 Å². The Morgan fingerprint density at radius 1 is 1.11 bits per heavy atom. The molecule has 0 saturated carbocycles. The highest BCUT2D eigenvalue weighted by molar-refractivity contribution is 7.98. The van der Waals surface area contributed by atoms with Crippen LogP contribution in [0.25, 0.3) is 0 Å². The Hall–Kier alpha value is -2.35. The molecule has 1 aliphatic rings. The molecule has 0 fully saturated rings. The summed E-state index contributed by atoms with van der Waals surface area (Å²) in [4.78, 5) is 50.9. The Labute approximate surface area is 162 Å². The van der Waals surface area contributed by atoms with Gasteiger partial charge in [0.15, 0.2) is 6.10 Å². The second-order valence-corrected chi connectivity index (χ2v) is 7.63. The van der Waals surface area contributed by atoms with E-state index in [1.807, 2.05) is 13.8 Å². The molecule has 27 heavy (non-hydrogen) atoms. The maximum absolute atomic E-state index is 12.7. The summed E-state index contributed by atoms with van der Waals surface area (Å²) in [5.74, 6) is -1.79. The molecule has 0 radical (unpaired) electrons. The predicted molar refractivity (Wildman–Crippen MR) is 103 cm³/mol. The van der Waals surface area contributed by atoms with Crippen molar-refractivity contribution in [2.75, 3.05) is 18.6 Å². The zero-order chi connectivity index (χ0) is 20.1. The average Bonchev–Trinajstić information content (AvgIpc) is 2.88. The van der Waals surface area contributed by atoms with Gasteiger partial charge in [-0.1, -0.05) is 26.0 Å². The lowest BCUT2D eigenvalue weighted by Crippen LogP contribution is -2.49. The highest BCUT2D eigenvalue weighted by Gasteiger charge is 2.43. The molecule has 1 N–H and O–H groups in total. The molecule has 1 heterocycles. The molecule has 2 atom stereocenters. The summed E-state index contributed by atoms with van der Waals surface area (Å²) in [6, 6.07) is 5.35. The maximum atomic E-state index is 12.7. The second-order valence-electron chi connectivity index (χ2n) is 6.72. The van der Waals surface area contributed by atoms with Gasteiger partial charge in [0.1, 0.15) is 6.04 Å². The van der Waals surface area contributed by atoms with E-state index in [1.165, 1.54) is 18.7 Å². The number of thioether (sulfide) groups is 1. The van der Waals surface area contributed by atoms with E-state index in [1.54, 1.807) is 30.5 Å². The number of imide groups is 1. The van der Waals surface area contributed by atoms with Gasteiger partial charge in [-0.3, -0.25) is 19.3 Å². The van der Waals surface area contributed by atoms with Gasteiger partial charge in [0.25, 0.3) is 17.7 Å². The molecule has 2 rings (SSSR count). The fourth-order valence-electron chi connectivity index (χ4n) is 2.65. The number of ether oxygens (including phenoxy) is 1. The Kier molecular flexibility index (Phi) is 7.01. The number of esters is 1. The van der Waals surface area contributed by atoms with Crippen LogP contribution in [-0.4, -0.2) is 59.3 Å². The first-order valence-electron chi connectivity index (χ1n) is 8.72. The van der Waals surface area contributed by atoms with Gasteiger partial charge in [-0.2, -0.15) is 11.8 Å². The van der Waals surface area contributed by atoms with Crippen molar-refractivity contribution in [2.24, 2.45) is 5.92 Å². The van der Waals surface area contributed by atoms with Crippen molar-refractivity contribution in [3.63, 3.8) is 0 Å². The van der Waals surface area contributed by atoms with Crippen molar-refractivity contribution >= 4 is 35.5 Å². The molecule has 0 saturated heterocycles. The minimum absolute atomic E-state index is 0.185. The molecule has 0 aliphatic carbocycles. The van der Waals surface area contributed by atoms with Crippen molar-refractivity contribution in [1.82, 2.24) is 10.2 Å². The number of hydrogen-bond acceptors (Lipinski definition) is 6. The third-order valence-corrected chi connectivity index (χ3v) is 4.73. The first-order valence-corrected chi connectivity index (χ1v) is 10.1. The first-order chi connectivity index (χ1) is 12.8. The average molecular weight is 392 g/mol. The van der Waals surface area contributed by atoms with Crippen LogP contribution in [0, 0.1) is 5.92 Å². The molecule has 0 bridgehead atoms. The van der Waals surface area contributed by atoms with Gasteiger partial charge >= 0.3 is 5.97 Å². The fourth-order valence-corrected chi connectivity index (χ4v) is 3.25. The number of rotatable bonds is 8. The quantitative estimate of drug-likeness (QED) is 0.535. The van der Waals surface area contributed by atoms with Crippen molar-refractivity contribution < 1.29 is 23.9 Å². The molecular weight excluding hydrogens is 368 g/mol. The lowest BCUT2D eigenvalue weighted by molar-refractivity contribution is -0.157. The fraction of sp³-hybridized carbons (Fsp3) is 0.474. The highest BCUT2D eigenvalue weighted by atomic mass is 32.2. The van der Waals surface area contributed by atoms with Gasteiger partial charge in [0.2, 0.25) is 0 Å². The van der Waals surface area contributed by atoms with Crippen LogP contribution in [0.1, 0.15) is 41.5 Å². The van der Waals surface area contributed by atoms with E-state index in [2.05, 4.69) is 5.32 Å². The van der Waals surface area contributed by atoms with Gasteiger partial charge in [0.05, 0.1) is 11.1 Å². The number of fused-ring (bicyclic) bond motifs is 1. The number of amides is 3. The SMILES string of the molecule is CSC[C@H](C(=O)O[C@H](C)C(=O)NCC(C)C)N1C(=O)c2ccccc2C1=O. The molecule has 0 spiro atoms. The molecule has 0 aromatic heterocycles. The van der Waals surface area contributed by atoms with Crippen LogP contribution in [0.3, 0.4) is 0 Å². The largest absolute Gasteiger partial charge is 0.451 e. The van der Waals surface area contributed by atoms with Crippen LogP contribution in [-0.2, 0) is 14.3 Å². The molecule has 3 amide bonds. The number of hydrogen-bond donors (Lipinski definition) is 1. The lowest BCUT2D eigenvalue weighted by atomic mass is 10.1. The summed E-state index contributed by atoms with van der Waals surface area (Å²) >= 11 is 1.31. The minimum atomic E-state index is -1.09. The van der Waals surface area contributed by atoms with Gasteiger partial charge in [-0.05, 0) is 31.2 Å². The van der Waals surface area contributed by atoms with Crippen molar-refractivity contribution in [3.05, 3.63) is 35.4 Å². The van der Waals surface area contributed by atoms with Crippen LogP contribution >= 0.6 is 11.8 Å². The Balaban J connectivity index is 2.13. The zero-order valence-corrected chi connectivity index (χ0v) is 16.7. The van der Waals surface area contributed by atoms with Crippen LogP contribution in [0.15, 0.2) is 24.3 Å². The summed E-state index contributed by atoms with van der Waals surface area (Å²) in [7, 11) is 0. The maximum Gasteiger partial charge on any atom is 0.331 e. The van der Waals surface area contributed by atoms with E-state index in [-0.39, 0.29) is 22.8 Å². The van der Waals surface area contributed by atoms with E-state index in [4.69, 9.17) is 4.74 Å². The highest BCUT2D eigenvalue weighted by Crippen LogP contribution is 2.26. The van der Waals surface area contributed by atoms with Gasteiger partial charge in [-0.15, -0.1) is 0 Å². The Bertz CT molecular complexity index is 714. The van der Waals surface area contributed by atoms with Crippen LogP contribution in [0.4, 0.5) is 0 Å². The third kappa shape index (κ3) is 4.68. The van der Waals surface area contributed by atoms with Crippen molar-refractivity contribution in [2.45, 2.75) is 32.9 Å². The van der Waals surface area contributed by atoms with Gasteiger partial charge < -0.3 is 10.1 Å². The third-order valence-electron chi connectivity index (χ3n) is 4.08. The first kappa shape index (κ1) is 21.0. The molecule has 0 unspecified atom stereocenters. The standard InChI is InChI=1S/C19H24N2O5S/c1-11(2)9-20-16(22)12(3)26-19(25)15(10-27-4)21-17(23)13-7-5-6-8-14(13)18(21)24/h5-8,11-12,15H,9-10H2,1-4H3,(H,20,22)/t12-,15-/m1/s1.